The van der Waals surface area contributed by atoms with Crippen molar-refractivity contribution in [3.05, 3.63) is 0 Å². The van der Waals surface area contributed by atoms with Crippen LogP contribution in [0.25, 0.3) is 0 Å². The Morgan fingerprint density at radius 2 is 1.02 bits per heavy atom. The van der Waals surface area contributed by atoms with Crippen molar-refractivity contribution in [3.63, 3.8) is 0 Å². The Morgan fingerprint density at radius 1 is 0.644 bits per heavy atom. The second-order valence-electron chi connectivity index (χ2n) is 9.25. The molecule has 0 saturated carbocycles. The molecular weight excluding hydrogens is 754 g/mol. The highest BCUT2D eigenvalue weighted by Crippen LogP contribution is 2.62. The maximum Gasteiger partial charge on any atom is 0.278 e. The summed E-state index contributed by atoms with van der Waals surface area (Å²) in [6, 6.07) is 0. The lowest BCUT2D eigenvalue weighted by Gasteiger charge is -2.38. The molecule has 2 fully saturated rings. The van der Waals surface area contributed by atoms with E-state index in [0.29, 0.717) is 0 Å². The Morgan fingerprint density at radius 3 is 1.33 bits per heavy atom. The van der Waals surface area contributed by atoms with E-state index in [2.05, 4.69) is 26.3 Å². The van der Waals surface area contributed by atoms with Gasteiger partial charge in [0.2, 0.25) is 5.79 Å². The zero-order valence-electron chi connectivity index (χ0n) is 23.1. The fourth-order valence-corrected chi connectivity index (χ4v) is 9.38. The molecule has 0 aliphatic carbocycles. The summed E-state index contributed by atoms with van der Waals surface area (Å²) in [5, 5.41) is 19.5. The fraction of sp³-hybridized carbons (Fsp3) is 1.00. The Hall–Kier alpha value is 0.620. The number of hydrogen-bond acceptors (Lipinski definition) is 25. The molecule has 2 rings (SSSR count). The summed E-state index contributed by atoms with van der Waals surface area (Å²) in [6.07, 6.45) is -3.00. The summed E-state index contributed by atoms with van der Waals surface area (Å²) in [5.41, 5.74) is -1.44. The first kappa shape index (κ1) is 43.6. The third-order valence-electron chi connectivity index (χ3n) is 5.27. The summed E-state index contributed by atoms with van der Waals surface area (Å²) in [6.45, 7) is 2.68. The third-order valence-corrected chi connectivity index (χ3v) is 12.6. The molecule has 0 aromatic rings. The molecule has 2 aliphatic rings. The van der Waals surface area contributed by atoms with Crippen molar-refractivity contribution in [2.45, 2.75) is 69.4 Å². The van der Waals surface area contributed by atoms with E-state index in [-0.39, 0.29) is 12.8 Å². The summed E-state index contributed by atoms with van der Waals surface area (Å²) >= 11 is 0. The van der Waals surface area contributed by atoms with Crippen LogP contribution in [0.4, 0.5) is 0 Å². The Labute approximate surface area is 254 Å². The zero-order valence-corrected chi connectivity index (χ0v) is 28.5. The molecular formula is C14H26O25P6-8. The molecule has 2 N–H and O–H groups in total. The van der Waals surface area contributed by atoms with Crippen LogP contribution in [0.5, 0.6) is 0 Å². The van der Waals surface area contributed by atoms with Gasteiger partial charge < -0.3 is 81.7 Å². The highest BCUT2D eigenvalue weighted by atomic mass is 31.3. The summed E-state index contributed by atoms with van der Waals surface area (Å²) in [5.74, 6) is -1.90. The molecule has 0 radical (unpaired) electrons. The monoisotopic (exact) mass is 780 g/mol. The second-order valence-corrected chi connectivity index (χ2v) is 17.7. The van der Waals surface area contributed by atoms with Crippen LogP contribution in [0.3, 0.4) is 0 Å². The molecule has 0 aromatic carbocycles. The average Bonchev–Trinajstić information content (AvgIpc) is 3.19. The standard InChI is InChI=1S/C7H17O13P3.C7H17O12P3/c1-5-3-6(8)7(16-2,18-5)4-17-22(12,13)20-23(14,15)19-21(9,10)11;1-5-3-6(8)7(2,17-5)4-16-21(12,13)19-22(14,15)18-20(9,10)11/h5-6,8H,3-4H2,1-2H3,(H,12,13)(H,14,15)(H2,9,10,11);5-6,8H,3-4H2,1-2H3,(H,12,13)(H,14,15)(H2,9,10,11)/p-8/t2*5-,6?,7+/m00/s1. The van der Waals surface area contributed by atoms with Crippen LogP contribution in [0.15, 0.2) is 0 Å². The van der Waals surface area contributed by atoms with Gasteiger partial charge in [-0.1, -0.05) is 0 Å². The van der Waals surface area contributed by atoms with Crippen LogP contribution in [0.2, 0.25) is 0 Å². The van der Waals surface area contributed by atoms with Gasteiger partial charge >= 0.3 is 0 Å². The van der Waals surface area contributed by atoms with Crippen LogP contribution in [-0.4, -0.2) is 66.3 Å². The number of hydrogen-bond donors (Lipinski definition) is 2. The predicted molar refractivity (Wildman–Crippen MR) is 122 cm³/mol. The smallest absolute Gasteiger partial charge is 0.278 e. The lowest BCUT2D eigenvalue weighted by molar-refractivity contribution is -0.342. The van der Waals surface area contributed by atoms with Crippen LogP contribution < -0.4 is 39.1 Å². The molecule has 0 bridgehead atoms. The molecule has 31 heteroatoms. The van der Waals surface area contributed by atoms with Gasteiger partial charge in [0.1, 0.15) is 18.3 Å². The molecule has 270 valence electrons. The number of phosphoric ester groups is 2. The van der Waals surface area contributed by atoms with E-state index in [0.717, 1.165) is 7.11 Å². The molecule has 2 aliphatic heterocycles. The normalized spacial score (nSPS) is 34.5. The van der Waals surface area contributed by atoms with Gasteiger partial charge in [-0.05, 0) is 20.8 Å². The van der Waals surface area contributed by atoms with Gasteiger partial charge in [-0.25, -0.2) is 8.62 Å². The van der Waals surface area contributed by atoms with Gasteiger partial charge in [-0.3, -0.25) is 26.9 Å². The van der Waals surface area contributed by atoms with Crippen molar-refractivity contribution < 1.29 is 117 Å². The zero-order chi connectivity index (χ0) is 35.5. The Bertz CT molecular complexity index is 1290. The molecule has 25 nitrogen and oxygen atoms in total. The number of aliphatic hydroxyl groups is 2. The molecule has 0 spiro atoms. The molecule has 0 amide bonds. The molecule has 2 heterocycles. The van der Waals surface area contributed by atoms with Gasteiger partial charge in [0.25, 0.3) is 31.3 Å². The molecule has 0 aromatic heterocycles. The van der Waals surface area contributed by atoms with E-state index in [1.54, 1.807) is 13.8 Å². The SMILES string of the molecule is CO[C@]1(COP(=O)([O-])OP(=O)([O-])OP(=O)([O-])[O-])O[C@@H](C)CC1O.C[C@H]1CC(O)[C@@](C)(COP(=O)([O-])OP(=O)([O-])OP(=O)([O-])[O-])O1. The fourth-order valence-electron chi connectivity index (χ4n) is 3.56. The summed E-state index contributed by atoms with van der Waals surface area (Å²) in [7, 11) is -34.3. The van der Waals surface area contributed by atoms with E-state index >= 15 is 0 Å². The highest BCUT2D eigenvalue weighted by Gasteiger charge is 2.48. The number of aliphatic hydroxyl groups excluding tert-OH is 2. The first-order chi connectivity index (χ1) is 19.8. The number of methoxy groups -OCH3 is 1. The van der Waals surface area contributed by atoms with Crippen molar-refractivity contribution in [2.24, 2.45) is 0 Å². The van der Waals surface area contributed by atoms with Gasteiger partial charge in [0, 0.05) is 20.0 Å². The van der Waals surface area contributed by atoms with E-state index in [1.165, 1.54) is 6.92 Å². The van der Waals surface area contributed by atoms with Crippen LogP contribution in [0.1, 0.15) is 33.6 Å². The lowest BCUT2D eigenvalue weighted by Crippen LogP contribution is -2.46. The van der Waals surface area contributed by atoms with Crippen molar-refractivity contribution in [3.8, 4) is 0 Å². The number of rotatable bonds is 15. The van der Waals surface area contributed by atoms with Gasteiger partial charge in [-0.15, -0.1) is 0 Å². The van der Waals surface area contributed by atoms with E-state index in [4.69, 9.17) is 14.2 Å². The van der Waals surface area contributed by atoms with Crippen LogP contribution >= 0.6 is 46.9 Å². The Balaban J connectivity index is 0.000000450. The van der Waals surface area contributed by atoms with Gasteiger partial charge in [-0.2, -0.15) is 0 Å². The van der Waals surface area contributed by atoms with Crippen molar-refractivity contribution in [2.75, 3.05) is 20.3 Å². The molecule has 45 heavy (non-hydrogen) atoms. The quantitative estimate of drug-likeness (QED) is 0.147. The first-order valence-corrected chi connectivity index (χ1v) is 20.3. The predicted octanol–water partition coefficient (Wildman–Crippen LogP) is -4.96. The maximum atomic E-state index is 11.4. The summed E-state index contributed by atoms with van der Waals surface area (Å²) in [4.78, 5) is 85.2. The topological polar surface area (TPSA) is 410 Å². The Kier molecular flexibility index (Phi) is 15.2. The van der Waals surface area contributed by atoms with Gasteiger partial charge in [0.15, 0.2) is 0 Å². The third kappa shape index (κ3) is 15.8. The molecule has 6 unspecified atom stereocenters. The molecule has 10 atom stereocenters. The largest absolute Gasteiger partial charge is 0.790 e. The van der Waals surface area contributed by atoms with Crippen molar-refractivity contribution >= 4 is 46.9 Å². The van der Waals surface area contributed by atoms with Crippen molar-refractivity contribution in [1.29, 1.82) is 0 Å². The minimum absolute atomic E-state index is 0.0833. The minimum Gasteiger partial charge on any atom is -0.790 e. The van der Waals surface area contributed by atoms with Gasteiger partial charge in [0.05, 0.1) is 40.6 Å². The highest BCUT2D eigenvalue weighted by molar-refractivity contribution is 7.65. The summed E-state index contributed by atoms with van der Waals surface area (Å²) < 4.78 is 101. The lowest BCUT2D eigenvalue weighted by atomic mass is 10.0. The number of phosphoric acid groups is 6. The number of ether oxygens (including phenoxy) is 3. The van der Waals surface area contributed by atoms with E-state index in [9.17, 15) is 76.8 Å². The maximum absolute atomic E-state index is 11.4. The van der Waals surface area contributed by atoms with Crippen LogP contribution in [0, 0.1) is 0 Å². The first-order valence-electron chi connectivity index (χ1n) is 11.5. The minimum atomic E-state index is -6.06. The second kappa shape index (κ2) is 15.7. The van der Waals surface area contributed by atoms with Crippen LogP contribution in [-0.2, 0) is 67.9 Å². The van der Waals surface area contributed by atoms with E-state index < -0.39 is 96.0 Å². The average molecular weight is 780 g/mol. The van der Waals surface area contributed by atoms with E-state index in [1.807, 2.05) is 0 Å². The van der Waals surface area contributed by atoms with Crippen molar-refractivity contribution in [1.82, 2.24) is 0 Å². The molecule has 2 saturated heterocycles.